The maximum Gasteiger partial charge on any atom is 0.410 e. The van der Waals surface area contributed by atoms with E-state index in [1.807, 2.05) is 17.5 Å². The van der Waals surface area contributed by atoms with Gasteiger partial charge in [0.15, 0.2) is 0 Å². The van der Waals surface area contributed by atoms with Gasteiger partial charge >= 0.3 is 6.09 Å². The molecule has 1 saturated heterocycles. The Morgan fingerprint density at radius 1 is 1.37 bits per heavy atom. The van der Waals surface area contributed by atoms with E-state index in [2.05, 4.69) is 11.4 Å². The van der Waals surface area contributed by atoms with Crippen LogP contribution in [0.25, 0.3) is 6.08 Å². The number of fused-ring (bicyclic) bond motifs is 1. The monoisotopic (exact) mass is 443 g/mol. The van der Waals surface area contributed by atoms with Crippen LogP contribution in [0.15, 0.2) is 23.6 Å². The lowest BCUT2D eigenvalue weighted by molar-refractivity contribution is -0.111. The number of thiophene rings is 2. The summed E-state index contributed by atoms with van der Waals surface area (Å²) in [5.74, 6) is -0.270. The summed E-state index contributed by atoms with van der Waals surface area (Å²) < 4.78 is 11.0. The zero-order chi connectivity index (χ0) is 20.9. The third-order valence-corrected chi connectivity index (χ3v) is 7.05. The van der Waals surface area contributed by atoms with Crippen LogP contribution in [-0.2, 0) is 27.1 Å². The lowest BCUT2D eigenvalue weighted by Crippen LogP contribution is -2.42. The molecule has 0 aromatic carbocycles. The second-order valence-electron chi connectivity index (χ2n) is 7.01. The SMILES string of the molecule is N#Cc1c(NC(=O)/C=C/c2cccs2)sc2c1CCC(OC(=O)N1CCOCC1)C2. The topological polar surface area (TPSA) is 91.7 Å². The first-order valence-corrected chi connectivity index (χ1v) is 11.4. The number of rotatable bonds is 4. The Kier molecular flexibility index (Phi) is 6.47. The maximum atomic E-state index is 12.4. The highest BCUT2D eigenvalue weighted by atomic mass is 32.1. The van der Waals surface area contributed by atoms with E-state index in [1.54, 1.807) is 22.3 Å². The summed E-state index contributed by atoms with van der Waals surface area (Å²) in [5.41, 5.74) is 1.48. The molecule has 1 N–H and O–H groups in total. The van der Waals surface area contributed by atoms with E-state index in [0.717, 1.165) is 15.3 Å². The number of hydrogen-bond donors (Lipinski definition) is 1. The molecule has 2 aliphatic rings. The molecule has 1 aliphatic heterocycles. The molecule has 1 atom stereocenters. The summed E-state index contributed by atoms with van der Waals surface area (Å²) in [6.45, 7) is 2.15. The van der Waals surface area contributed by atoms with Crippen molar-refractivity contribution in [3.63, 3.8) is 0 Å². The summed E-state index contributed by atoms with van der Waals surface area (Å²) >= 11 is 2.94. The standard InChI is InChI=1S/C21H21N3O4S2/c22-13-17-16-5-3-14(28-21(26)24-7-9-27-10-8-24)12-18(16)30-20(17)23-19(25)6-4-15-2-1-11-29-15/h1-2,4,6,11,14H,3,5,7-10,12H2,(H,23,25)/b6-4+. The van der Waals surface area contributed by atoms with Crippen molar-refractivity contribution in [1.29, 1.82) is 5.26 Å². The smallest absolute Gasteiger partial charge is 0.410 e. The Balaban J connectivity index is 1.41. The molecule has 0 saturated carbocycles. The fourth-order valence-corrected chi connectivity index (χ4v) is 5.41. The third kappa shape index (κ3) is 4.73. The zero-order valence-electron chi connectivity index (χ0n) is 16.3. The van der Waals surface area contributed by atoms with Crippen LogP contribution in [0.4, 0.5) is 9.80 Å². The van der Waals surface area contributed by atoms with Crippen LogP contribution in [0.2, 0.25) is 0 Å². The number of nitrogens with zero attached hydrogens (tertiary/aromatic N) is 2. The van der Waals surface area contributed by atoms with Gasteiger partial charge in [-0.05, 0) is 35.9 Å². The van der Waals surface area contributed by atoms with E-state index >= 15 is 0 Å². The fourth-order valence-electron chi connectivity index (χ4n) is 3.52. The minimum absolute atomic E-state index is 0.222. The number of ether oxygens (including phenoxy) is 2. The number of anilines is 1. The van der Waals surface area contributed by atoms with Crippen LogP contribution < -0.4 is 5.32 Å². The highest BCUT2D eigenvalue weighted by Crippen LogP contribution is 2.38. The molecule has 0 radical (unpaired) electrons. The van der Waals surface area contributed by atoms with Crippen LogP contribution in [0.1, 0.15) is 27.3 Å². The number of amides is 2. The number of nitrogens with one attached hydrogen (secondary N) is 1. The molecule has 30 heavy (non-hydrogen) atoms. The van der Waals surface area contributed by atoms with Gasteiger partial charge in [0.1, 0.15) is 17.2 Å². The average molecular weight is 444 g/mol. The first kappa shape index (κ1) is 20.6. The van der Waals surface area contributed by atoms with Crippen LogP contribution in [0.5, 0.6) is 0 Å². The molecular formula is C21H21N3O4S2. The molecule has 2 aromatic heterocycles. The lowest BCUT2D eigenvalue weighted by atomic mass is 9.94. The molecule has 1 unspecified atom stereocenters. The molecule has 3 heterocycles. The molecule has 156 valence electrons. The van der Waals surface area contributed by atoms with Gasteiger partial charge < -0.3 is 19.7 Å². The van der Waals surface area contributed by atoms with E-state index in [-0.39, 0.29) is 18.1 Å². The van der Waals surface area contributed by atoms with E-state index in [1.165, 1.54) is 17.4 Å². The van der Waals surface area contributed by atoms with Crippen LogP contribution in [-0.4, -0.2) is 49.3 Å². The van der Waals surface area contributed by atoms with Gasteiger partial charge in [0.05, 0.1) is 18.8 Å². The van der Waals surface area contributed by atoms with Crippen molar-refractivity contribution >= 4 is 45.8 Å². The van der Waals surface area contributed by atoms with Crippen LogP contribution in [0, 0.1) is 11.3 Å². The van der Waals surface area contributed by atoms with E-state index in [0.29, 0.717) is 56.1 Å². The van der Waals surface area contributed by atoms with Gasteiger partial charge in [-0.15, -0.1) is 22.7 Å². The Bertz CT molecular complexity index is 985. The number of morpholine rings is 1. The predicted molar refractivity (Wildman–Crippen MR) is 116 cm³/mol. The van der Waals surface area contributed by atoms with E-state index < -0.39 is 0 Å². The Labute approximate surface area is 182 Å². The normalized spacial score (nSPS) is 18.6. The maximum absolute atomic E-state index is 12.4. The largest absolute Gasteiger partial charge is 0.446 e. The van der Waals surface area contributed by atoms with Crippen molar-refractivity contribution in [3.05, 3.63) is 44.5 Å². The molecule has 0 bridgehead atoms. The molecule has 9 heteroatoms. The quantitative estimate of drug-likeness (QED) is 0.728. The summed E-state index contributed by atoms with van der Waals surface area (Å²) in [6, 6.07) is 6.08. The van der Waals surface area contributed by atoms with Gasteiger partial charge in [-0.25, -0.2) is 4.79 Å². The summed E-state index contributed by atoms with van der Waals surface area (Å²) in [7, 11) is 0. The van der Waals surface area contributed by atoms with Gasteiger partial charge in [-0.1, -0.05) is 6.07 Å². The van der Waals surface area contributed by atoms with Gasteiger partial charge in [-0.3, -0.25) is 4.79 Å². The molecule has 2 aromatic rings. The fraction of sp³-hybridized carbons (Fsp3) is 0.381. The van der Waals surface area contributed by atoms with E-state index in [9.17, 15) is 14.9 Å². The van der Waals surface area contributed by atoms with Crippen molar-refractivity contribution < 1.29 is 19.1 Å². The van der Waals surface area contributed by atoms with Crippen molar-refractivity contribution in [2.45, 2.75) is 25.4 Å². The summed E-state index contributed by atoms with van der Waals surface area (Å²) in [6.07, 6.45) is 4.57. The summed E-state index contributed by atoms with van der Waals surface area (Å²) in [4.78, 5) is 28.3. The second kappa shape index (κ2) is 9.43. The highest BCUT2D eigenvalue weighted by Gasteiger charge is 2.30. The number of carbonyl (C=O) groups is 2. The van der Waals surface area contributed by atoms with Gasteiger partial charge in [0.2, 0.25) is 5.91 Å². The molecule has 0 spiro atoms. The predicted octanol–water partition coefficient (Wildman–Crippen LogP) is 3.66. The Morgan fingerprint density at radius 3 is 2.93 bits per heavy atom. The number of nitriles is 1. The van der Waals surface area contributed by atoms with Gasteiger partial charge in [-0.2, -0.15) is 5.26 Å². The molecule has 2 amide bonds. The van der Waals surface area contributed by atoms with Crippen molar-refractivity contribution in [1.82, 2.24) is 4.90 Å². The van der Waals surface area contributed by atoms with E-state index in [4.69, 9.17) is 9.47 Å². The van der Waals surface area contributed by atoms with Crippen molar-refractivity contribution in [2.24, 2.45) is 0 Å². The molecule has 1 aliphatic carbocycles. The summed E-state index contributed by atoms with van der Waals surface area (Å²) in [5, 5.41) is 15.0. The molecule has 1 fully saturated rings. The third-order valence-electron chi connectivity index (χ3n) is 5.05. The Hall–Kier alpha value is -2.67. The van der Waals surface area contributed by atoms with Crippen molar-refractivity contribution in [3.8, 4) is 6.07 Å². The van der Waals surface area contributed by atoms with Gasteiger partial charge in [0, 0.05) is 35.3 Å². The number of carbonyl (C=O) groups excluding carboxylic acids is 2. The molecular weight excluding hydrogens is 422 g/mol. The highest BCUT2D eigenvalue weighted by molar-refractivity contribution is 7.16. The lowest BCUT2D eigenvalue weighted by Gasteiger charge is -2.29. The Morgan fingerprint density at radius 2 is 2.20 bits per heavy atom. The van der Waals surface area contributed by atoms with Crippen LogP contribution in [0.3, 0.4) is 0 Å². The van der Waals surface area contributed by atoms with Crippen LogP contribution >= 0.6 is 22.7 Å². The first-order valence-electron chi connectivity index (χ1n) is 9.74. The minimum atomic E-state index is -0.309. The molecule has 7 nitrogen and oxygen atoms in total. The van der Waals surface area contributed by atoms with Crippen molar-refractivity contribution in [2.75, 3.05) is 31.6 Å². The average Bonchev–Trinajstić information content (AvgIpc) is 3.39. The second-order valence-corrected chi connectivity index (χ2v) is 9.09. The van der Waals surface area contributed by atoms with Gasteiger partial charge in [0.25, 0.3) is 0 Å². The zero-order valence-corrected chi connectivity index (χ0v) is 17.9. The molecule has 4 rings (SSSR count). The number of hydrogen-bond acceptors (Lipinski definition) is 7. The minimum Gasteiger partial charge on any atom is -0.446 e. The first-order chi connectivity index (χ1) is 14.6.